The van der Waals surface area contributed by atoms with Crippen molar-refractivity contribution in [3.8, 4) is 0 Å². The van der Waals surface area contributed by atoms with Gasteiger partial charge in [-0.25, -0.2) is 4.57 Å². The van der Waals surface area contributed by atoms with Gasteiger partial charge >= 0.3 is 19.8 Å². The number of carboxylic acids is 1. The van der Waals surface area contributed by atoms with E-state index in [2.05, 4.69) is 16.0 Å². The normalized spacial score (nSPS) is 14.7. The Morgan fingerprint density at radius 3 is 1.57 bits per heavy atom. The van der Waals surface area contributed by atoms with Gasteiger partial charge in [-0.05, 0) is 6.42 Å². The lowest BCUT2D eigenvalue weighted by Gasteiger charge is -2.16. The van der Waals surface area contributed by atoms with E-state index in [1.54, 1.807) is 0 Å². The minimum absolute atomic E-state index is 0.251. The summed E-state index contributed by atoms with van der Waals surface area (Å²) in [5, 5.41) is 18.3. The summed E-state index contributed by atoms with van der Waals surface area (Å²) in [6.45, 7) is 0.521. The Morgan fingerprint density at radius 1 is 0.730 bits per heavy atom. The van der Waals surface area contributed by atoms with Crippen molar-refractivity contribution in [2.24, 2.45) is 5.73 Å². The molecule has 0 bridgehead atoms. The summed E-state index contributed by atoms with van der Waals surface area (Å²) < 4.78 is 25.5. The molecule has 0 aromatic carbocycles. The maximum absolute atomic E-state index is 11.8. The van der Waals surface area contributed by atoms with Gasteiger partial charge in [-0.15, -0.1) is 0 Å². The number of hydrogen-bond acceptors (Lipinski definition) is 8. The Morgan fingerprint density at radius 2 is 1.14 bits per heavy atom. The average Bonchev–Trinajstić information content (AvgIpc) is 2.86. The maximum Gasteiger partial charge on any atom is 0.472 e. The highest BCUT2D eigenvalue weighted by Crippen LogP contribution is 2.43. The van der Waals surface area contributed by atoms with Crippen LogP contribution in [0.15, 0.2) is 0 Å². The lowest BCUT2D eigenvalue weighted by molar-refractivity contribution is -0.147. The fourth-order valence-electron chi connectivity index (χ4n) is 3.77. The van der Waals surface area contributed by atoms with Crippen LogP contribution in [0.1, 0.15) is 122 Å². The number of carbonyl (C=O) groups is 2. The molecule has 0 rings (SSSR count). The van der Waals surface area contributed by atoms with E-state index in [4.69, 9.17) is 15.6 Å². The standard InChI is InChI=1S/C26H52NO9P/c1-2-3-4-5-6-7-8-9-10-11-12-13-14-15-16-17-18-19-25(29)34-20-23(28)21-35-37(32,33)36-22-24(27)26(30)31/h23-24,28H,2-22,27H2,1H3,(H,30,31)(H,32,33). The van der Waals surface area contributed by atoms with E-state index in [0.717, 1.165) is 12.8 Å². The van der Waals surface area contributed by atoms with Crippen molar-refractivity contribution in [3.63, 3.8) is 0 Å². The maximum atomic E-state index is 11.8. The molecule has 37 heavy (non-hydrogen) atoms. The highest BCUT2D eigenvalue weighted by Gasteiger charge is 2.26. The van der Waals surface area contributed by atoms with Crippen molar-refractivity contribution in [1.82, 2.24) is 0 Å². The lowest BCUT2D eigenvalue weighted by atomic mass is 10.0. The van der Waals surface area contributed by atoms with E-state index in [-0.39, 0.29) is 13.0 Å². The first-order valence-electron chi connectivity index (χ1n) is 14.1. The third kappa shape index (κ3) is 25.0. The number of ether oxygens (including phenoxy) is 1. The highest BCUT2D eigenvalue weighted by molar-refractivity contribution is 7.47. The Balaban J connectivity index is 3.50. The first-order valence-corrected chi connectivity index (χ1v) is 15.6. The summed E-state index contributed by atoms with van der Waals surface area (Å²) in [5.74, 6) is -1.84. The molecule has 0 aromatic heterocycles. The van der Waals surface area contributed by atoms with Crippen LogP contribution >= 0.6 is 7.82 Å². The number of aliphatic hydroxyl groups excluding tert-OH is 1. The number of phosphoric acid groups is 1. The summed E-state index contributed by atoms with van der Waals surface area (Å²) in [6, 6.07) is -1.48. The SMILES string of the molecule is CCCCCCCCCCCCCCCCCCCC(=O)OCC(O)COP(=O)(O)OCC(N)C(=O)O. The first-order chi connectivity index (χ1) is 17.7. The van der Waals surface area contributed by atoms with Crippen LogP contribution in [0.4, 0.5) is 0 Å². The molecule has 0 saturated heterocycles. The van der Waals surface area contributed by atoms with Crippen LogP contribution in [0.25, 0.3) is 0 Å². The number of esters is 1. The zero-order valence-electron chi connectivity index (χ0n) is 22.8. The van der Waals surface area contributed by atoms with Crippen molar-refractivity contribution in [2.75, 3.05) is 19.8 Å². The summed E-state index contributed by atoms with van der Waals surface area (Å²) in [7, 11) is -4.58. The molecule has 0 aliphatic heterocycles. The smallest absolute Gasteiger partial charge is 0.472 e. The number of carboxylic acid groups (broad SMARTS) is 1. The minimum Gasteiger partial charge on any atom is -0.480 e. The molecule has 0 heterocycles. The van der Waals surface area contributed by atoms with Crippen molar-refractivity contribution in [3.05, 3.63) is 0 Å². The Labute approximate surface area is 223 Å². The third-order valence-electron chi connectivity index (χ3n) is 6.09. The van der Waals surface area contributed by atoms with Crippen LogP contribution in [0.2, 0.25) is 0 Å². The van der Waals surface area contributed by atoms with Crippen molar-refractivity contribution >= 4 is 19.8 Å². The molecule has 3 unspecified atom stereocenters. The molecule has 0 fully saturated rings. The number of phosphoric ester groups is 1. The molecular formula is C26H52NO9P. The van der Waals surface area contributed by atoms with Gasteiger partial charge in [0, 0.05) is 6.42 Å². The topological polar surface area (TPSA) is 166 Å². The number of nitrogens with two attached hydrogens (primary N) is 1. The summed E-state index contributed by atoms with van der Waals surface area (Å²) >= 11 is 0. The number of unbranched alkanes of at least 4 members (excludes halogenated alkanes) is 16. The molecule has 0 aliphatic carbocycles. The second kappa shape index (κ2) is 24.0. The Kier molecular flexibility index (Phi) is 23.4. The number of rotatable bonds is 27. The Bertz CT molecular complexity index is 621. The number of aliphatic hydroxyl groups is 1. The zero-order chi connectivity index (χ0) is 27.8. The van der Waals surface area contributed by atoms with E-state index in [9.17, 15) is 24.2 Å². The second-order valence-electron chi connectivity index (χ2n) is 9.75. The van der Waals surface area contributed by atoms with Crippen LogP contribution in [-0.4, -0.2) is 59.0 Å². The quantitative estimate of drug-likeness (QED) is 0.0581. The predicted molar refractivity (Wildman–Crippen MR) is 143 cm³/mol. The number of carbonyl (C=O) groups excluding carboxylic acids is 1. The lowest BCUT2D eigenvalue weighted by Crippen LogP contribution is -2.34. The van der Waals surface area contributed by atoms with Crippen LogP contribution < -0.4 is 5.73 Å². The van der Waals surface area contributed by atoms with Gasteiger partial charge in [0.15, 0.2) is 0 Å². The monoisotopic (exact) mass is 553 g/mol. The fourth-order valence-corrected chi connectivity index (χ4v) is 4.55. The molecule has 5 N–H and O–H groups in total. The van der Waals surface area contributed by atoms with Gasteiger partial charge in [0.25, 0.3) is 0 Å². The van der Waals surface area contributed by atoms with Gasteiger partial charge in [-0.2, -0.15) is 0 Å². The molecule has 10 nitrogen and oxygen atoms in total. The van der Waals surface area contributed by atoms with Gasteiger partial charge in [-0.3, -0.25) is 18.6 Å². The number of hydrogen-bond donors (Lipinski definition) is 4. The molecule has 0 aliphatic rings. The predicted octanol–water partition coefficient (Wildman–Crippen LogP) is 5.48. The average molecular weight is 554 g/mol. The molecule has 220 valence electrons. The van der Waals surface area contributed by atoms with Crippen LogP contribution in [-0.2, 0) is 27.9 Å². The zero-order valence-corrected chi connectivity index (χ0v) is 23.7. The van der Waals surface area contributed by atoms with Crippen LogP contribution in [0.5, 0.6) is 0 Å². The van der Waals surface area contributed by atoms with Crippen LogP contribution in [0.3, 0.4) is 0 Å². The largest absolute Gasteiger partial charge is 0.480 e. The Hall–Kier alpha value is -1.03. The van der Waals surface area contributed by atoms with E-state index < -0.39 is 45.1 Å². The summed E-state index contributed by atoms with van der Waals surface area (Å²) in [4.78, 5) is 31.8. The fraction of sp³-hybridized carbons (Fsp3) is 0.923. The molecule has 0 aromatic rings. The summed E-state index contributed by atoms with van der Waals surface area (Å²) in [5.41, 5.74) is 5.16. The molecule has 0 radical (unpaired) electrons. The van der Waals surface area contributed by atoms with E-state index in [1.165, 1.54) is 89.9 Å². The highest BCUT2D eigenvalue weighted by atomic mass is 31.2. The first kappa shape index (κ1) is 36.0. The molecular weight excluding hydrogens is 501 g/mol. The van der Waals surface area contributed by atoms with Crippen molar-refractivity contribution in [2.45, 2.75) is 135 Å². The van der Waals surface area contributed by atoms with Gasteiger partial charge in [0.1, 0.15) is 18.8 Å². The van der Waals surface area contributed by atoms with Gasteiger partial charge in [0.05, 0.1) is 13.2 Å². The molecule has 0 spiro atoms. The van der Waals surface area contributed by atoms with Crippen molar-refractivity contribution in [1.29, 1.82) is 0 Å². The second-order valence-corrected chi connectivity index (χ2v) is 11.2. The minimum atomic E-state index is -4.58. The third-order valence-corrected chi connectivity index (χ3v) is 7.04. The number of aliphatic carboxylic acids is 1. The van der Waals surface area contributed by atoms with E-state index in [0.29, 0.717) is 6.42 Å². The molecule has 0 saturated carbocycles. The molecule has 0 amide bonds. The van der Waals surface area contributed by atoms with E-state index in [1.807, 2.05) is 0 Å². The molecule has 3 atom stereocenters. The van der Waals surface area contributed by atoms with Gasteiger partial charge in [-0.1, -0.05) is 110 Å². The summed E-state index contributed by atoms with van der Waals surface area (Å²) in [6.07, 6.45) is 20.4. The van der Waals surface area contributed by atoms with Gasteiger partial charge in [0.2, 0.25) is 0 Å². The molecule has 11 heteroatoms. The van der Waals surface area contributed by atoms with Crippen LogP contribution in [0, 0.1) is 0 Å². The van der Waals surface area contributed by atoms with Crippen molar-refractivity contribution < 1.29 is 43.0 Å². The van der Waals surface area contributed by atoms with E-state index >= 15 is 0 Å². The van der Waals surface area contributed by atoms with Gasteiger partial charge < -0.3 is 25.6 Å².